The van der Waals surface area contributed by atoms with Gasteiger partial charge in [0.15, 0.2) is 0 Å². The van der Waals surface area contributed by atoms with Crippen molar-refractivity contribution in [1.29, 1.82) is 0 Å². The van der Waals surface area contributed by atoms with E-state index in [9.17, 15) is 18.0 Å². The van der Waals surface area contributed by atoms with Crippen molar-refractivity contribution in [2.24, 2.45) is 0 Å². The van der Waals surface area contributed by atoms with Crippen LogP contribution in [0, 0.1) is 0 Å². The molecule has 0 aliphatic carbocycles. The van der Waals surface area contributed by atoms with Crippen LogP contribution in [-0.4, -0.2) is 89.2 Å². The zero-order valence-electron chi connectivity index (χ0n) is 22.6. The second-order valence-electron chi connectivity index (χ2n) is 9.11. The molecule has 0 bridgehead atoms. The van der Waals surface area contributed by atoms with Crippen molar-refractivity contribution in [2.75, 3.05) is 59.0 Å². The van der Waals surface area contributed by atoms with Gasteiger partial charge in [0.25, 0.3) is 5.91 Å². The first-order valence-electron chi connectivity index (χ1n) is 12.6. The highest BCUT2D eigenvalue weighted by Crippen LogP contribution is 2.38. The fourth-order valence-corrected chi connectivity index (χ4v) is 6.88. The van der Waals surface area contributed by atoms with Crippen LogP contribution in [0.25, 0.3) is 0 Å². The van der Waals surface area contributed by atoms with Crippen molar-refractivity contribution in [1.82, 2.24) is 9.21 Å². The molecule has 0 saturated carbocycles. The molecule has 2 heterocycles. The van der Waals surface area contributed by atoms with Crippen LogP contribution < -0.4 is 5.32 Å². The van der Waals surface area contributed by atoms with E-state index in [2.05, 4.69) is 24.1 Å². The minimum absolute atomic E-state index is 0.0637. The normalized spacial score (nSPS) is 14.1. The zero-order chi connectivity index (χ0) is 27.9. The van der Waals surface area contributed by atoms with E-state index in [1.165, 1.54) is 54.1 Å². The summed E-state index contributed by atoms with van der Waals surface area (Å²) in [7, 11) is -0.795. The Morgan fingerprint density at radius 2 is 1.74 bits per heavy atom. The molecule has 1 aromatic carbocycles. The third-order valence-corrected chi connectivity index (χ3v) is 9.41. The maximum Gasteiger partial charge on any atom is 0.341 e. The molecule has 1 aliphatic rings. The Kier molecular flexibility index (Phi) is 10.8. The maximum atomic E-state index is 13.1. The van der Waals surface area contributed by atoms with Crippen molar-refractivity contribution in [3.63, 3.8) is 0 Å². The summed E-state index contributed by atoms with van der Waals surface area (Å²) in [4.78, 5) is 29.4. The summed E-state index contributed by atoms with van der Waals surface area (Å²) in [6, 6.07) is 6.10. The summed E-state index contributed by atoms with van der Waals surface area (Å²) in [5.41, 5.74) is 1.61. The Morgan fingerprint density at radius 3 is 2.29 bits per heavy atom. The molecule has 12 heteroatoms. The van der Waals surface area contributed by atoms with Gasteiger partial charge in [-0.25, -0.2) is 13.2 Å². The van der Waals surface area contributed by atoms with Crippen molar-refractivity contribution in [2.45, 2.75) is 44.7 Å². The molecule has 38 heavy (non-hydrogen) atoms. The maximum absolute atomic E-state index is 13.1. The lowest BCUT2D eigenvalue weighted by atomic mass is 10.0. The van der Waals surface area contributed by atoms with E-state index in [0.29, 0.717) is 29.6 Å². The number of carbonyl (C=O) groups excluding carboxylic acids is 2. The third kappa shape index (κ3) is 6.99. The molecule has 10 nitrogen and oxygen atoms in total. The van der Waals surface area contributed by atoms with Crippen molar-refractivity contribution < 1.29 is 32.2 Å². The van der Waals surface area contributed by atoms with Crippen LogP contribution in [0.3, 0.4) is 0 Å². The van der Waals surface area contributed by atoms with E-state index < -0.39 is 21.9 Å². The number of sulfonamides is 1. The number of nitrogens with zero attached hydrogens (tertiary/aromatic N) is 2. The van der Waals surface area contributed by atoms with Gasteiger partial charge < -0.3 is 19.5 Å². The highest BCUT2D eigenvalue weighted by molar-refractivity contribution is 7.89. The van der Waals surface area contributed by atoms with Gasteiger partial charge in [0, 0.05) is 56.9 Å². The van der Waals surface area contributed by atoms with E-state index in [1.54, 1.807) is 6.92 Å². The fourth-order valence-electron chi connectivity index (χ4n) is 4.21. The summed E-state index contributed by atoms with van der Waals surface area (Å²) in [6.45, 7) is 8.61. The number of hydrogen-bond donors (Lipinski definition) is 1. The standard InChI is InChI=1S/C26H37N3O7S2/c1-6-36-26(31)23-21-11-12-28(18(2)3)17-22(21)37-25(23)27-24(30)19-7-9-20(10-8-19)38(32,33)29(13-15-34-4)14-16-35-5/h7-10,18H,6,11-17H2,1-5H3,(H,27,30). The van der Waals surface area contributed by atoms with Crippen molar-refractivity contribution >= 4 is 38.2 Å². The number of fused-ring (bicyclic) bond motifs is 1. The number of benzene rings is 1. The molecule has 1 aromatic heterocycles. The summed E-state index contributed by atoms with van der Waals surface area (Å²) in [5, 5.41) is 3.32. The number of amides is 1. The molecule has 1 N–H and O–H groups in total. The minimum atomic E-state index is -3.81. The molecule has 1 aliphatic heterocycles. The molecule has 3 rings (SSSR count). The van der Waals surface area contributed by atoms with E-state index >= 15 is 0 Å². The number of esters is 1. The molecule has 2 aromatic rings. The van der Waals surface area contributed by atoms with Gasteiger partial charge in [-0.3, -0.25) is 9.69 Å². The summed E-state index contributed by atoms with van der Waals surface area (Å²) >= 11 is 1.39. The first kappa shape index (κ1) is 30.2. The number of carbonyl (C=O) groups is 2. The molecule has 0 spiro atoms. The molecule has 1 amide bonds. The third-order valence-electron chi connectivity index (χ3n) is 6.37. The SMILES string of the molecule is CCOC(=O)c1c(NC(=O)c2ccc(S(=O)(=O)N(CCOC)CCOC)cc2)sc2c1CCN(C(C)C)C2. The second-order valence-corrected chi connectivity index (χ2v) is 12.2. The van der Waals surface area contributed by atoms with E-state index in [4.69, 9.17) is 14.2 Å². The van der Waals surface area contributed by atoms with Crippen LogP contribution >= 0.6 is 11.3 Å². The molecule has 210 valence electrons. The number of rotatable bonds is 13. The Balaban J connectivity index is 1.83. The van der Waals surface area contributed by atoms with Gasteiger partial charge in [-0.05, 0) is 57.0 Å². The molecular formula is C26H37N3O7S2. The number of nitrogens with one attached hydrogen (secondary N) is 1. The predicted octanol–water partition coefficient (Wildman–Crippen LogP) is 3.23. The number of hydrogen-bond acceptors (Lipinski definition) is 9. The fraction of sp³-hybridized carbons (Fsp3) is 0.538. The first-order chi connectivity index (χ1) is 18.1. The van der Waals surface area contributed by atoms with Gasteiger partial charge in [0.2, 0.25) is 10.0 Å². The van der Waals surface area contributed by atoms with E-state index in [0.717, 1.165) is 17.0 Å². The van der Waals surface area contributed by atoms with E-state index in [-0.39, 0.29) is 43.4 Å². The van der Waals surface area contributed by atoms with E-state index in [1.807, 2.05) is 0 Å². The van der Waals surface area contributed by atoms with Gasteiger partial charge in [0.05, 0.1) is 30.3 Å². The summed E-state index contributed by atoms with van der Waals surface area (Å²) in [5.74, 6) is -0.888. The minimum Gasteiger partial charge on any atom is -0.462 e. The topological polar surface area (TPSA) is 114 Å². The Bertz CT molecular complexity index is 1200. The number of methoxy groups -OCH3 is 2. The van der Waals surface area contributed by atoms with Crippen LogP contribution in [0.5, 0.6) is 0 Å². The smallest absolute Gasteiger partial charge is 0.341 e. The molecule has 0 radical (unpaired) electrons. The molecule has 0 fully saturated rings. The largest absolute Gasteiger partial charge is 0.462 e. The molecular weight excluding hydrogens is 530 g/mol. The first-order valence-corrected chi connectivity index (χ1v) is 14.8. The van der Waals surface area contributed by atoms with Gasteiger partial charge in [-0.2, -0.15) is 4.31 Å². The van der Waals surface area contributed by atoms with Gasteiger partial charge in [0.1, 0.15) is 5.00 Å². The summed E-state index contributed by atoms with van der Waals surface area (Å²) in [6.07, 6.45) is 0.698. The Labute approximate surface area is 228 Å². The lowest BCUT2D eigenvalue weighted by Gasteiger charge is -2.30. The lowest BCUT2D eigenvalue weighted by molar-refractivity contribution is 0.0526. The van der Waals surface area contributed by atoms with Gasteiger partial charge in [-0.15, -0.1) is 11.3 Å². The van der Waals surface area contributed by atoms with Crippen LogP contribution in [-0.2, 0) is 37.2 Å². The zero-order valence-corrected chi connectivity index (χ0v) is 24.2. The van der Waals surface area contributed by atoms with Crippen molar-refractivity contribution in [3.05, 3.63) is 45.8 Å². The average molecular weight is 568 g/mol. The lowest BCUT2D eigenvalue weighted by Crippen LogP contribution is -2.36. The highest BCUT2D eigenvalue weighted by Gasteiger charge is 2.30. The van der Waals surface area contributed by atoms with Crippen molar-refractivity contribution in [3.8, 4) is 0 Å². The number of anilines is 1. The molecule has 0 atom stereocenters. The Hall–Kier alpha value is -2.35. The number of thiophene rings is 1. The molecule has 0 unspecified atom stereocenters. The van der Waals surface area contributed by atoms with Gasteiger partial charge in [-0.1, -0.05) is 0 Å². The summed E-state index contributed by atoms with van der Waals surface area (Å²) < 4.78 is 43.0. The van der Waals surface area contributed by atoms with Gasteiger partial charge >= 0.3 is 5.97 Å². The van der Waals surface area contributed by atoms with Crippen LogP contribution in [0.1, 0.15) is 51.9 Å². The number of ether oxygens (including phenoxy) is 3. The highest BCUT2D eigenvalue weighted by atomic mass is 32.2. The van der Waals surface area contributed by atoms with Crippen LogP contribution in [0.15, 0.2) is 29.2 Å². The predicted molar refractivity (Wildman–Crippen MR) is 146 cm³/mol. The molecule has 0 saturated heterocycles. The monoisotopic (exact) mass is 567 g/mol. The van der Waals surface area contributed by atoms with Crippen LogP contribution in [0.4, 0.5) is 5.00 Å². The Morgan fingerprint density at radius 1 is 1.11 bits per heavy atom. The average Bonchev–Trinajstić information content (AvgIpc) is 3.25. The van der Waals surface area contributed by atoms with Crippen LogP contribution in [0.2, 0.25) is 0 Å². The second kappa shape index (κ2) is 13.6. The quantitative estimate of drug-likeness (QED) is 0.367.